The molecule has 0 unspecified atom stereocenters. The van der Waals surface area contributed by atoms with Gasteiger partial charge < -0.3 is 9.80 Å². The van der Waals surface area contributed by atoms with Crippen molar-refractivity contribution in [2.24, 2.45) is 0 Å². The predicted octanol–water partition coefficient (Wildman–Crippen LogP) is 21.9. The Labute approximate surface area is 508 Å². The molecule has 2 aliphatic carbocycles. The van der Waals surface area contributed by atoms with Crippen molar-refractivity contribution in [3.63, 3.8) is 0 Å². The maximum Gasteiger partial charge on any atom is 0.0456 e. The molecule has 0 heterocycles. The minimum atomic E-state index is 0.960. The van der Waals surface area contributed by atoms with Gasteiger partial charge in [-0.25, -0.2) is 0 Å². The number of hydrogen-bond donors (Lipinski definition) is 0. The molecule has 414 valence electrons. The van der Waals surface area contributed by atoms with Crippen molar-refractivity contribution in [2.75, 3.05) is 9.80 Å². The third-order valence-electron chi connectivity index (χ3n) is 16.6. The van der Waals surface area contributed by atoms with Crippen LogP contribution >= 0.6 is 0 Å². The largest absolute Gasteiger partial charge is 0.317 e. The second-order valence-electron chi connectivity index (χ2n) is 22.4. The highest BCUT2D eigenvalue weighted by molar-refractivity contribution is 5.93. The Kier molecular flexibility index (Phi) is 16.8. The first-order valence-corrected chi connectivity index (χ1v) is 30.2. The Morgan fingerprint density at radius 1 is 0.279 bits per heavy atom. The minimum Gasteiger partial charge on any atom is -0.317 e. The molecule has 11 aromatic carbocycles. The van der Waals surface area contributed by atoms with Gasteiger partial charge in [0.2, 0.25) is 0 Å². The molecule has 0 atom stereocenters. The Hall–Kier alpha value is -10.5. The van der Waals surface area contributed by atoms with Gasteiger partial charge in [0, 0.05) is 35.1 Å². The molecule has 0 amide bonds. The number of nitrogens with zero attached hydrogens (tertiary/aromatic N) is 2. The van der Waals surface area contributed by atoms with Gasteiger partial charge in [-0.15, -0.1) is 0 Å². The molecule has 2 aliphatic rings. The molecule has 0 saturated carbocycles. The second-order valence-corrected chi connectivity index (χ2v) is 22.4. The molecule has 0 aromatic heterocycles. The van der Waals surface area contributed by atoms with E-state index in [0.717, 1.165) is 94.7 Å². The number of allylic oxidation sites excluding steroid dienone is 2. The van der Waals surface area contributed by atoms with E-state index >= 15 is 0 Å². The first kappa shape index (κ1) is 54.7. The van der Waals surface area contributed by atoms with E-state index in [-0.39, 0.29) is 0 Å². The van der Waals surface area contributed by atoms with Crippen LogP contribution in [0.25, 0.3) is 53.2 Å². The van der Waals surface area contributed by atoms with Crippen LogP contribution in [-0.4, -0.2) is 0 Å². The van der Waals surface area contributed by atoms with Crippen LogP contribution in [-0.2, 0) is 19.3 Å². The molecule has 0 bridgehead atoms. The molecule has 11 aromatic rings. The van der Waals surface area contributed by atoms with Gasteiger partial charge in [0.05, 0.1) is 0 Å². The normalized spacial score (nSPS) is 13.7. The van der Waals surface area contributed by atoms with Crippen molar-refractivity contribution in [1.82, 2.24) is 0 Å². The van der Waals surface area contributed by atoms with Crippen LogP contribution in [0.1, 0.15) is 97.2 Å². The van der Waals surface area contributed by atoms with E-state index in [1.165, 1.54) is 66.8 Å². The average molecular weight is 1110 g/mol. The van der Waals surface area contributed by atoms with Crippen LogP contribution in [0, 0.1) is 0 Å². The van der Waals surface area contributed by atoms with E-state index in [2.05, 4.69) is 350 Å². The van der Waals surface area contributed by atoms with Crippen molar-refractivity contribution >= 4 is 75.9 Å². The summed E-state index contributed by atoms with van der Waals surface area (Å²) in [5.74, 6) is 0. The monoisotopic (exact) mass is 1100 g/mol. The fraction of sp³-hybridized carbons (Fsp3) is 0.0714. The van der Waals surface area contributed by atoms with Crippen molar-refractivity contribution < 1.29 is 0 Å². The van der Waals surface area contributed by atoms with Crippen LogP contribution in [0.15, 0.2) is 309 Å². The van der Waals surface area contributed by atoms with E-state index in [9.17, 15) is 0 Å². The Bertz CT molecular complexity index is 4180. The van der Waals surface area contributed by atoms with Crippen LogP contribution in [0.3, 0.4) is 0 Å². The number of anilines is 4. The lowest BCUT2D eigenvalue weighted by Crippen LogP contribution is -2.13. The third kappa shape index (κ3) is 13.3. The summed E-state index contributed by atoms with van der Waals surface area (Å²) < 4.78 is 0. The molecular weight excluding hydrogens is 1040 g/mol. The Balaban J connectivity index is 0.727. The van der Waals surface area contributed by atoms with Gasteiger partial charge in [0.15, 0.2) is 0 Å². The van der Waals surface area contributed by atoms with Crippen molar-refractivity contribution in [3.8, 4) is 0 Å². The van der Waals surface area contributed by atoms with E-state index < -0.39 is 0 Å². The molecule has 0 fully saturated rings. The predicted molar refractivity (Wildman–Crippen MR) is 368 cm³/mol. The zero-order chi connectivity index (χ0) is 57.7. The fourth-order valence-electron chi connectivity index (χ4n) is 12.0. The van der Waals surface area contributed by atoms with E-state index in [0.29, 0.717) is 0 Å². The lowest BCUT2D eigenvalue weighted by molar-refractivity contribution is 0.820. The number of aryl methyl sites for hydroxylation is 2. The molecule has 0 radical (unpaired) electrons. The average Bonchev–Trinajstić information content (AvgIpc) is 3.71. The summed E-state index contributed by atoms with van der Waals surface area (Å²) in [4.78, 5) is 4.74. The lowest BCUT2D eigenvalue weighted by Gasteiger charge is -2.26. The fourth-order valence-corrected chi connectivity index (χ4v) is 12.0. The Morgan fingerprint density at radius 2 is 0.663 bits per heavy atom. The second kappa shape index (κ2) is 26.4. The summed E-state index contributed by atoms with van der Waals surface area (Å²) in [5, 5.41) is 0. The summed E-state index contributed by atoms with van der Waals surface area (Å²) in [5.41, 5.74) is 27.1. The van der Waals surface area contributed by atoms with Crippen molar-refractivity contribution in [3.05, 3.63) is 387 Å². The van der Waals surface area contributed by atoms with Gasteiger partial charge in [-0.2, -0.15) is 0 Å². The minimum absolute atomic E-state index is 0.960. The van der Waals surface area contributed by atoms with Crippen molar-refractivity contribution in [2.45, 2.75) is 38.5 Å². The summed E-state index contributed by atoms with van der Waals surface area (Å²) in [7, 11) is 0. The summed E-state index contributed by atoms with van der Waals surface area (Å²) in [6.07, 6.45) is 24.6. The van der Waals surface area contributed by atoms with Gasteiger partial charge >= 0.3 is 0 Å². The summed E-state index contributed by atoms with van der Waals surface area (Å²) in [6.45, 7) is 0. The zero-order valence-corrected chi connectivity index (χ0v) is 48.5. The quantitative estimate of drug-likeness (QED) is 0.0890. The third-order valence-corrected chi connectivity index (χ3v) is 16.6. The molecule has 0 aliphatic heterocycles. The molecule has 0 N–H and O–H groups in total. The standard InChI is InChI=1S/C84H68N2/c1-5-22-72(23-6-1)83(73-24-7-2-8-25-73)59-67-44-53-79(54-45-67)85(61-69-39-48-70-21-13-14-31-76(70)58-69)78-49-40-63(41-50-78)35-37-65-19-17-20-66(57-65)38-36-64-42-51-80(52-43-64)86(62-77-33-18-32-71-30-15-16-34-82(71)77)81-55-46-68(47-56-81)60-84(74-26-9-3-10-27-74)75-28-11-4-12-29-75/h1-17,19-31,34-38,40-47,49-57,59-62H,18,32-33,39,48,58H2/b37-35+,38-36+,69-61-,77-62+. The SMILES string of the molecule is C(=C(c1ccccc1)c1ccccc1)c1ccc(N(/C=C2/CCc3ccccc3C2)c2ccc(/C=C/c3cccc(/C=C/c4ccc(N(/C=C5\CCCc6ccccc65)c5ccc(C=C(c6ccccc6)c6ccccc6)cc5)cc4)c3)cc2)cc1. The van der Waals surface area contributed by atoms with Gasteiger partial charge in [0.1, 0.15) is 0 Å². The van der Waals surface area contributed by atoms with Crippen LogP contribution < -0.4 is 9.80 Å². The number of benzene rings is 11. The highest BCUT2D eigenvalue weighted by Gasteiger charge is 2.19. The van der Waals surface area contributed by atoms with Crippen LogP contribution in [0.2, 0.25) is 0 Å². The van der Waals surface area contributed by atoms with Crippen molar-refractivity contribution in [1.29, 1.82) is 0 Å². The van der Waals surface area contributed by atoms with Gasteiger partial charge in [0.25, 0.3) is 0 Å². The van der Waals surface area contributed by atoms with Gasteiger partial charge in [-0.1, -0.05) is 261 Å². The molecule has 0 spiro atoms. The lowest BCUT2D eigenvalue weighted by atomic mass is 9.88. The Morgan fingerprint density at radius 3 is 1.13 bits per heavy atom. The van der Waals surface area contributed by atoms with Gasteiger partial charge in [-0.05, 0) is 205 Å². The molecule has 13 rings (SSSR count). The number of hydrogen-bond acceptors (Lipinski definition) is 2. The highest BCUT2D eigenvalue weighted by atomic mass is 15.1. The number of rotatable bonds is 16. The summed E-state index contributed by atoms with van der Waals surface area (Å²) in [6, 6.07) is 105. The molecule has 2 nitrogen and oxygen atoms in total. The first-order valence-electron chi connectivity index (χ1n) is 30.2. The van der Waals surface area contributed by atoms with Gasteiger partial charge in [-0.3, -0.25) is 0 Å². The maximum atomic E-state index is 2.38. The van der Waals surface area contributed by atoms with E-state index in [1.54, 1.807) is 0 Å². The van der Waals surface area contributed by atoms with Crippen LogP contribution in [0.4, 0.5) is 22.7 Å². The number of fused-ring (bicyclic) bond motifs is 2. The van der Waals surface area contributed by atoms with E-state index in [1.807, 2.05) is 0 Å². The topological polar surface area (TPSA) is 6.48 Å². The molecule has 0 saturated heterocycles. The van der Waals surface area contributed by atoms with E-state index in [4.69, 9.17) is 0 Å². The van der Waals surface area contributed by atoms with Crippen LogP contribution in [0.5, 0.6) is 0 Å². The highest BCUT2D eigenvalue weighted by Crippen LogP contribution is 2.37. The first-order chi connectivity index (χ1) is 42.6. The molecular formula is C84H68N2. The smallest absolute Gasteiger partial charge is 0.0456 e. The molecule has 2 heteroatoms. The molecule has 86 heavy (non-hydrogen) atoms. The zero-order valence-electron chi connectivity index (χ0n) is 48.5. The summed E-state index contributed by atoms with van der Waals surface area (Å²) >= 11 is 0. The maximum absolute atomic E-state index is 2.38.